The van der Waals surface area contributed by atoms with Crippen molar-refractivity contribution in [3.05, 3.63) is 51.2 Å². The van der Waals surface area contributed by atoms with Crippen molar-refractivity contribution >= 4 is 33.2 Å². The first-order valence-electron chi connectivity index (χ1n) is 7.52. The Kier molecular flexibility index (Phi) is 5.93. The third kappa shape index (κ3) is 4.44. The predicted molar refractivity (Wildman–Crippen MR) is 96.1 cm³/mol. The van der Waals surface area contributed by atoms with Crippen molar-refractivity contribution in [1.82, 2.24) is 15.6 Å². The summed E-state index contributed by atoms with van der Waals surface area (Å²) in [5.41, 5.74) is 5.79. The molecule has 25 heavy (non-hydrogen) atoms. The van der Waals surface area contributed by atoms with E-state index in [1.807, 2.05) is 13.8 Å². The predicted octanol–water partition coefficient (Wildman–Crippen LogP) is 1.60. The van der Waals surface area contributed by atoms with E-state index < -0.39 is 21.8 Å². The van der Waals surface area contributed by atoms with E-state index in [-0.39, 0.29) is 10.5 Å². The fourth-order valence-corrected chi connectivity index (χ4v) is 3.94. The molecule has 0 radical (unpaired) electrons. The van der Waals surface area contributed by atoms with Crippen LogP contribution in [-0.2, 0) is 16.4 Å². The molecule has 2 rings (SSSR count). The van der Waals surface area contributed by atoms with Crippen molar-refractivity contribution in [2.24, 2.45) is 0 Å². The third-order valence-corrected chi connectivity index (χ3v) is 6.32. The molecule has 1 heterocycles. The van der Waals surface area contributed by atoms with Gasteiger partial charge in [-0.25, -0.2) is 13.1 Å². The van der Waals surface area contributed by atoms with Crippen molar-refractivity contribution in [1.29, 1.82) is 0 Å². The third-order valence-electron chi connectivity index (χ3n) is 3.53. The maximum atomic E-state index is 12.1. The highest BCUT2D eigenvalue weighted by Crippen LogP contribution is 2.22. The number of thiophene rings is 1. The average molecular weight is 381 g/mol. The zero-order chi connectivity index (χ0) is 18.6. The molecule has 0 aliphatic rings. The van der Waals surface area contributed by atoms with Gasteiger partial charge in [0.15, 0.2) is 0 Å². The summed E-state index contributed by atoms with van der Waals surface area (Å²) in [6, 6.07) is 7.29. The molecule has 0 bridgehead atoms. The lowest BCUT2D eigenvalue weighted by molar-refractivity contribution is 0.0848. The topological polar surface area (TPSA) is 104 Å². The summed E-state index contributed by atoms with van der Waals surface area (Å²) in [5.74, 6) is -1.02. The summed E-state index contributed by atoms with van der Waals surface area (Å²) in [5, 5.41) is 0. The minimum absolute atomic E-state index is 0.0320. The Bertz CT molecular complexity index is 904. The SMILES string of the molecule is CCc1sc(C(=O)NNC(=O)c2cccc(S(=O)(=O)NC)c2)cc1C. The minimum Gasteiger partial charge on any atom is -0.267 e. The molecule has 2 aromatic rings. The van der Waals surface area contributed by atoms with E-state index in [4.69, 9.17) is 0 Å². The second-order valence-electron chi connectivity index (χ2n) is 5.21. The van der Waals surface area contributed by atoms with Gasteiger partial charge >= 0.3 is 0 Å². The molecule has 0 saturated heterocycles. The number of carbonyl (C=O) groups is 2. The fraction of sp³-hybridized carbons (Fsp3) is 0.250. The van der Waals surface area contributed by atoms with E-state index in [0.717, 1.165) is 16.9 Å². The lowest BCUT2D eigenvalue weighted by Crippen LogP contribution is -2.41. The Labute approximate surface area is 150 Å². The van der Waals surface area contributed by atoms with Crippen LogP contribution in [0.2, 0.25) is 0 Å². The van der Waals surface area contributed by atoms with Gasteiger partial charge in [0.2, 0.25) is 10.0 Å². The summed E-state index contributed by atoms with van der Waals surface area (Å²) >= 11 is 1.37. The molecule has 0 aliphatic heterocycles. The number of nitrogens with one attached hydrogen (secondary N) is 3. The van der Waals surface area contributed by atoms with Crippen LogP contribution in [-0.4, -0.2) is 27.3 Å². The smallest absolute Gasteiger partial charge is 0.267 e. The molecule has 134 valence electrons. The molecule has 1 aromatic heterocycles. The number of hydrogen-bond donors (Lipinski definition) is 3. The van der Waals surface area contributed by atoms with Crippen LogP contribution < -0.4 is 15.6 Å². The van der Waals surface area contributed by atoms with Crippen LogP contribution in [0.1, 0.15) is 37.4 Å². The van der Waals surface area contributed by atoms with E-state index in [2.05, 4.69) is 15.6 Å². The molecule has 1 aromatic carbocycles. The van der Waals surface area contributed by atoms with Crippen LogP contribution >= 0.6 is 11.3 Å². The van der Waals surface area contributed by atoms with Crippen molar-refractivity contribution < 1.29 is 18.0 Å². The van der Waals surface area contributed by atoms with Gasteiger partial charge in [-0.2, -0.15) is 0 Å². The van der Waals surface area contributed by atoms with E-state index in [9.17, 15) is 18.0 Å². The van der Waals surface area contributed by atoms with Gasteiger partial charge in [-0.05, 0) is 50.2 Å². The molecule has 2 amide bonds. The van der Waals surface area contributed by atoms with Gasteiger partial charge in [-0.15, -0.1) is 11.3 Å². The van der Waals surface area contributed by atoms with Crippen molar-refractivity contribution in [2.75, 3.05) is 7.05 Å². The highest BCUT2D eigenvalue weighted by atomic mass is 32.2. The standard InChI is InChI=1S/C16H19N3O4S2/c1-4-13-10(2)8-14(24-13)16(21)19-18-15(20)11-6-5-7-12(9-11)25(22,23)17-3/h5-9,17H,4H2,1-3H3,(H,18,20)(H,19,21). The van der Waals surface area contributed by atoms with Gasteiger partial charge < -0.3 is 0 Å². The van der Waals surface area contributed by atoms with Crippen LogP contribution in [0.15, 0.2) is 35.2 Å². The number of hydrogen-bond acceptors (Lipinski definition) is 5. The number of aryl methyl sites for hydroxylation is 2. The van der Waals surface area contributed by atoms with Gasteiger partial charge in [0.05, 0.1) is 9.77 Å². The number of sulfonamides is 1. The fourth-order valence-electron chi connectivity index (χ4n) is 2.15. The van der Waals surface area contributed by atoms with Gasteiger partial charge in [-0.3, -0.25) is 20.4 Å². The zero-order valence-electron chi connectivity index (χ0n) is 14.0. The molecule has 0 fully saturated rings. The molecule has 0 saturated carbocycles. The summed E-state index contributed by atoms with van der Waals surface area (Å²) < 4.78 is 25.7. The number of rotatable bonds is 5. The van der Waals surface area contributed by atoms with Crippen LogP contribution in [0.5, 0.6) is 0 Å². The van der Waals surface area contributed by atoms with Gasteiger partial charge in [-0.1, -0.05) is 13.0 Å². The Balaban J connectivity index is 2.07. The molecule has 0 atom stereocenters. The summed E-state index contributed by atoms with van der Waals surface area (Å²) in [4.78, 5) is 25.8. The van der Waals surface area contributed by atoms with Crippen LogP contribution in [0.25, 0.3) is 0 Å². The lowest BCUT2D eigenvalue weighted by atomic mass is 10.2. The maximum Gasteiger partial charge on any atom is 0.279 e. The van der Waals surface area contributed by atoms with Crippen molar-refractivity contribution in [2.45, 2.75) is 25.2 Å². The normalized spacial score (nSPS) is 11.2. The Hall–Kier alpha value is -2.23. The van der Waals surface area contributed by atoms with Gasteiger partial charge in [0.1, 0.15) is 0 Å². The molecule has 0 spiro atoms. The molecule has 0 aliphatic carbocycles. The van der Waals surface area contributed by atoms with E-state index in [0.29, 0.717) is 4.88 Å². The Morgan fingerprint density at radius 3 is 2.40 bits per heavy atom. The Morgan fingerprint density at radius 1 is 1.12 bits per heavy atom. The minimum atomic E-state index is -3.65. The second kappa shape index (κ2) is 7.77. The zero-order valence-corrected chi connectivity index (χ0v) is 15.7. The molecule has 7 nitrogen and oxygen atoms in total. The molecular weight excluding hydrogens is 362 g/mol. The molecule has 9 heteroatoms. The average Bonchev–Trinajstić information content (AvgIpc) is 3.00. The number of benzene rings is 1. The lowest BCUT2D eigenvalue weighted by Gasteiger charge is -2.08. The largest absolute Gasteiger partial charge is 0.279 e. The maximum absolute atomic E-state index is 12.1. The monoisotopic (exact) mass is 381 g/mol. The highest BCUT2D eigenvalue weighted by Gasteiger charge is 2.16. The Morgan fingerprint density at radius 2 is 1.80 bits per heavy atom. The van der Waals surface area contributed by atoms with Gasteiger partial charge in [0.25, 0.3) is 11.8 Å². The van der Waals surface area contributed by atoms with Crippen LogP contribution in [0, 0.1) is 6.92 Å². The number of carbonyl (C=O) groups excluding carboxylic acids is 2. The first kappa shape index (κ1) is 19.1. The van der Waals surface area contributed by atoms with Crippen molar-refractivity contribution in [3.63, 3.8) is 0 Å². The summed E-state index contributed by atoms with van der Waals surface area (Å²) in [7, 11) is -2.36. The molecular formula is C16H19N3O4S2. The summed E-state index contributed by atoms with van der Waals surface area (Å²) in [6.07, 6.45) is 0.836. The first-order valence-corrected chi connectivity index (χ1v) is 9.82. The van der Waals surface area contributed by atoms with Gasteiger partial charge in [0, 0.05) is 10.4 Å². The quantitative estimate of drug-likeness (QED) is 0.684. The molecule has 3 N–H and O–H groups in total. The van der Waals surface area contributed by atoms with Crippen LogP contribution in [0.3, 0.4) is 0 Å². The van der Waals surface area contributed by atoms with Crippen LogP contribution in [0.4, 0.5) is 0 Å². The van der Waals surface area contributed by atoms with E-state index in [1.54, 1.807) is 6.07 Å². The first-order chi connectivity index (χ1) is 11.8. The highest BCUT2D eigenvalue weighted by molar-refractivity contribution is 7.89. The van der Waals surface area contributed by atoms with E-state index >= 15 is 0 Å². The van der Waals surface area contributed by atoms with E-state index in [1.165, 1.54) is 42.6 Å². The second-order valence-corrected chi connectivity index (χ2v) is 8.24. The molecule has 0 unspecified atom stereocenters. The summed E-state index contributed by atoms with van der Waals surface area (Å²) in [6.45, 7) is 3.94. The van der Waals surface area contributed by atoms with Crippen molar-refractivity contribution in [3.8, 4) is 0 Å². The number of hydrazine groups is 1. The number of amides is 2.